The highest BCUT2D eigenvalue weighted by atomic mass is 16.0. The van der Waals surface area contributed by atoms with E-state index in [1.807, 2.05) is 0 Å². The van der Waals surface area contributed by atoms with Crippen LogP contribution in [0.25, 0.3) is 0 Å². The molecule has 2 unspecified atom stereocenters. The fourth-order valence-corrected chi connectivity index (χ4v) is 3.26. The largest absolute Gasteiger partial charge is 0.870 e. The summed E-state index contributed by atoms with van der Waals surface area (Å²) < 4.78 is 1.40. The van der Waals surface area contributed by atoms with Crippen LogP contribution in [0.5, 0.6) is 0 Å². The number of fused-ring (bicyclic) bond motifs is 2. The van der Waals surface area contributed by atoms with Gasteiger partial charge in [-0.25, -0.2) is 0 Å². The fourth-order valence-electron chi connectivity index (χ4n) is 3.26. The summed E-state index contributed by atoms with van der Waals surface area (Å²) >= 11 is 0. The minimum absolute atomic E-state index is 0. The Balaban J connectivity index is 0.000000720. The first-order chi connectivity index (χ1) is 5.27. The molecule has 0 radical (unpaired) electrons. The second-order valence-corrected chi connectivity index (χ2v) is 4.48. The van der Waals surface area contributed by atoms with Gasteiger partial charge in [-0.3, -0.25) is 0 Å². The van der Waals surface area contributed by atoms with Crippen LogP contribution in [0.15, 0.2) is 0 Å². The summed E-state index contributed by atoms with van der Waals surface area (Å²) in [7, 11) is 2.47. The monoisotopic (exact) mass is 171 g/mol. The first-order valence-corrected chi connectivity index (χ1v) is 5.12. The predicted molar refractivity (Wildman–Crippen MR) is 49.3 cm³/mol. The van der Waals surface area contributed by atoms with Crippen LogP contribution in [-0.4, -0.2) is 35.6 Å². The van der Waals surface area contributed by atoms with Crippen LogP contribution in [0.3, 0.4) is 0 Å². The number of piperidine rings is 1. The molecule has 0 aromatic carbocycles. The number of hydrogen-bond donors (Lipinski definition) is 0. The van der Waals surface area contributed by atoms with E-state index in [2.05, 4.69) is 14.0 Å². The van der Waals surface area contributed by atoms with E-state index in [4.69, 9.17) is 0 Å². The second kappa shape index (κ2) is 3.35. The van der Waals surface area contributed by atoms with E-state index in [9.17, 15) is 0 Å². The lowest BCUT2D eigenvalue weighted by atomic mass is 10.00. The Bertz CT molecular complexity index is 142. The Morgan fingerprint density at radius 2 is 1.58 bits per heavy atom. The van der Waals surface area contributed by atoms with Crippen molar-refractivity contribution in [1.29, 1.82) is 0 Å². The van der Waals surface area contributed by atoms with Crippen molar-refractivity contribution in [2.75, 3.05) is 13.6 Å². The standard InChI is InChI=1S/C10H20N.H2O/c1-3-11(2)9-5-4-6-10(11)8-7-9;/h9-10H,3-8H2,1-2H3;1H2/q+1;/p-1. The van der Waals surface area contributed by atoms with Gasteiger partial charge in [0.1, 0.15) is 0 Å². The molecular weight excluding hydrogens is 150 g/mol. The van der Waals surface area contributed by atoms with Crippen LogP contribution >= 0.6 is 0 Å². The zero-order valence-corrected chi connectivity index (χ0v) is 8.29. The quantitative estimate of drug-likeness (QED) is 0.555. The zero-order valence-electron chi connectivity index (χ0n) is 8.29. The molecule has 2 heterocycles. The molecule has 0 spiro atoms. The average molecular weight is 171 g/mol. The van der Waals surface area contributed by atoms with Crippen molar-refractivity contribution in [1.82, 2.24) is 0 Å². The molecule has 0 aromatic rings. The van der Waals surface area contributed by atoms with Crippen molar-refractivity contribution in [2.45, 2.75) is 51.1 Å². The van der Waals surface area contributed by atoms with Gasteiger partial charge in [0.25, 0.3) is 0 Å². The van der Waals surface area contributed by atoms with Gasteiger partial charge in [0.2, 0.25) is 0 Å². The molecule has 2 aliphatic rings. The van der Waals surface area contributed by atoms with Gasteiger partial charge >= 0.3 is 0 Å². The van der Waals surface area contributed by atoms with Crippen LogP contribution in [0.2, 0.25) is 0 Å². The third-order valence-electron chi connectivity index (χ3n) is 4.26. The number of nitrogens with zero attached hydrogens (tertiary/aromatic N) is 1. The lowest BCUT2D eigenvalue weighted by Crippen LogP contribution is -2.55. The molecule has 2 bridgehead atoms. The van der Waals surface area contributed by atoms with Gasteiger partial charge in [-0.15, -0.1) is 0 Å². The zero-order chi connectivity index (χ0) is 7.90. The van der Waals surface area contributed by atoms with Crippen LogP contribution in [0.1, 0.15) is 39.0 Å². The summed E-state index contributed by atoms with van der Waals surface area (Å²) in [4.78, 5) is 0. The molecule has 2 atom stereocenters. The number of hydrogen-bond acceptors (Lipinski definition) is 1. The average Bonchev–Trinajstić information content (AvgIpc) is 2.29. The SMILES string of the molecule is CC[N+]1(C)C2CCCC1CC2.[OH-]. The normalized spacial score (nSPS) is 45.5. The second-order valence-electron chi connectivity index (χ2n) is 4.48. The van der Waals surface area contributed by atoms with Crippen molar-refractivity contribution < 1.29 is 9.96 Å². The van der Waals surface area contributed by atoms with Crippen LogP contribution < -0.4 is 0 Å². The van der Waals surface area contributed by atoms with E-state index < -0.39 is 0 Å². The van der Waals surface area contributed by atoms with E-state index in [1.54, 1.807) is 0 Å². The van der Waals surface area contributed by atoms with Crippen molar-refractivity contribution in [3.8, 4) is 0 Å². The topological polar surface area (TPSA) is 30.0 Å². The van der Waals surface area contributed by atoms with Gasteiger partial charge < -0.3 is 9.96 Å². The summed E-state index contributed by atoms with van der Waals surface area (Å²) in [6.45, 7) is 3.71. The first kappa shape index (κ1) is 10.0. The van der Waals surface area contributed by atoms with Crippen LogP contribution in [0.4, 0.5) is 0 Å². The highest BCUT2D eigenvalue weighted by Crippen LogP contribution is 2.40. The Labute approximate surface area is 75.5 Å². The van der Waals surface area contributed by atoms with Gasteiger partial charge in [-0.2, -0.15) is 0 Å². The maximum atomic E-state index is 2.47. The third-order valence-corrected chi connectivity index (χ3v) is 4.26. The Morgan fingerprint density at radius 1 is 1.08 bits per heavy atom. The van der Waals surface area contributed by atoms with Gasteiger partial charge in [0, 0.05) is 12.8 Å². The molecule has 2 saturated heterocycles. The Morgan fingerprint density at radius 3 is 1.92 bits per heavy atom. The summed E-state index contributed by atoms with van der Waals surface area (Å²) in [6, 6.07) is 2.05. The lowest BCUT2D eigenvalue weighted by Gasteiger charge is -2.44. The summed E-state index contributed by atoms with van der Waals surface area (Å²) in [5.41, 5.74) is 0. The van der Waals surface area contributed by atoms with E-state index >= 15 is 0 Å². The van der Waals surface area contributed by atoms with E-state index in [0.29, 0.717) is 0 Å². The van der Waals surface area contributed by atoms with Gasteiger partial charge in [0.05, 0.1) is 25.7 Å². The molecule has 2 rings (SSSR count). The molecule has 2 aliphatic heterocycles. The molecule has 0 aromatic heterocycles. The first-order valence-electron chi connectivity index (χ1n) is 5.12. The maximum Gasteiger partial charge on any atom is 0.0892 e. The van der Waals surface area contributed by atoms with Crippen molar-refractivity contribution in [3.05, 3.63) is 0 Å². The van der Waals surface area contributed by atoms with Gasteiger partial charge in [0.15, 0.2) is 0 Å². The minimum atomic E-state index is 0. The predicted octanol–water partition coefficient (Wildman–Crippen LogP) is 1.99. The van der Waals surface area contributed by atoms with Gasteiger partial charge in [-0.1, -0.05) is 0 Å². The molecule has 72 valence electrons. The van der Waals surface area contributed by atoms with Crippen molar-refractivity contribution in [3.63, 3.8) is 0 Å². The molecule has 2 heteroatoms. The van der Waals surface area contributed by atoms with E-state index in [0.717, 1.165) is 12.1 Å². The lowest BCUT2D eigenvalue weighted by molar-refractivity contribution is -0.946. The molecule has 0 aliphatic carbocycles. The molecule has 1 N–H and O–H groups in total. The molecule has 0 saturated carbocycles. The summed E-state index contributed by atoms with van der Waals surface area (Å²) in [5, 5.41) is 0. The van der Waals surface area contributed by atoms with Crippen LogP contribution in [0, 0.1) is 0 Å². The highest BCUT2D eigenvalue weighted by molar-refractivity contribution is 4.80. The van der Waals surface area contributed by atoms with Crippen molar-refractivity contribution in [2.24, 2.45) is 0 Å². The van der Waals surface area contributed by atoms with Gasteiger partial charge in [-0.05, 0) is 26.2 Å². The van der Waals surface area contributed by atoms with Crippen LogP contribution in [-0.2, 0) is 0 Å². The number of quaternary nitrogens is 1. The maximum absolute atomic E-state index is 2.47. The number of rotatable bonds is 1. The molecule has 2 nitrogen and oxygen atoms in total. The Kier molecular flexibility index (Phi) is 2.79. The smallest absolute Gasteiger partial charge is 0.0892 e. The van der Waals surface area contributed by atoms with E-state index in [1.165, 1.54) is 43.1 Å². The highest BCUT2D eigenvalue weighted by Gasteiger charge is 2.46. The minimum Gasteiger partial charge on any atom is -0.870 e. The molecular formula is C10H21NO. The summed E-state index contributed by atoms with van der Waals surface area (Å²) in [5.74, 6) is 0. The molecule has 0 amide bonds. The van der Waals surface area contributed by atoms with E-state index in [-0.39, 0.29) is 5.48 Å². The fraction of sp³-hybridized carbons (Fsp3) is 1.00. The molecule has 12 heavy (non-hydrogen) atoms. The molecule has 2 fully saturated rings. The Hall–Kier alpha value is -0.0800. The van der Waals surface area contributed by atoms with Crippen molar-refractivity contribution >= 4 is 0 Å². The third kappa shape index (κ3) is 1.17. The summed E-state index contributed by atoms with van der Waals surface area (Å²) in [6.07, 6.45) is 7.52.